The molecule has 0 aliphatic heterocycles. The molecule has 4 heteroatoms. The fraction of sp³-hybridized carbons (Fsp3) is 0.500. The summed E-state index contributed by atoms with van der Waals surface area (Å²) in [5.41, 5.74) is 6.41. The molecule has 0 unspecified atom stereocenters. The molecule has 1 heterocycles. The van der Waals surface area contributed by atoms with Gasteiger partial charge in [0.25, 0.3) is 0 Å². The van der Waals surface area contributed by atoms with Crippen molar-refractivity contribution in [1.82, 2.24) is 4.98 Å². The number of nitrogens with two attached hydrogens (primary N) is 1. The van der Waals surface area contributed by atoms with Crippen LogP contribution in [0.15, 0.2) is 12.3 Å². The van der Waals surface area contributed by atoms with Gasteiger partial charge in [-0.05, 0) is 24.0 Å². The molecule has 2 nitrogen and oxygen atoms in total. The average Bonchev–Trinajstić information content (AvgIpc) is 2.93. The van der Waals surface area contributed by atoms with E-state index >= 15 is 0 Å². The van der Waals surface area contributed by atoms with Crippen LogP contribution >= 0.6 is 0 Å². The van der Waals surface area contributed by atoms with Gasteiger partial charge in [-0.25, -0.2) is 9.37 Å². The van der Waals surface area contributed by atoms with Crippen molar-refractivity contribution < 1.29 is 8.78 Å². The molecule has 1 aliphatic carbocycles. The Morgan fingerprint density at radius 1 is 1.50 bits per heavy atom. The highest BCUT2D eigenvalue weighted by molar-refractivity contribution is 5.15. The summed E-state index contributed by atoms with van der Waals surface area (Å²) in [5.74, 6) is -1.32. The van der Waals surface area contributed by atoms with Gasteiger partial charge in [-0.1, -0.05) is 12.8 Å². The lowest BCUT2D eigenvalue weighted by Crippen LogP contribution is -2.12. The van der Waals surface area contributed by atoms with Gasteiger partial charge in [-0.15, -0.1) is 0 Å². The number of rotatable bonds is 3. The number of halogens is 2. The Kier molecular flexibility index (Phi) is 2.46. The predicted octanol–water partition coefficient (Wildman–Crippen LogP) is 2.16. The highest BCUT2D eigenvalue weighted by Gasteiger charge is 2.24. The van der Waals surface area contributed by atoms with Crippen LogP contribution in [-0.2, 0) is 0 Å². The van der Waals surface area contributed by atoms with Crippen LogP contribution < -0.4 is 5.73 Å². The van der Waals surface area contributed by atoms with E-state index in [1.807, 2.05) is 0 Å². The highest BCUT2D eigenvalue weighted by Crippen LogP contribution is 2.36. The molecule has 76 valence electrons. The van der Waals surface area contributed by atoms with Gasteiger partial charge in [0.15, 0.2) is 5.82 Å². The van der Waals surface area contributed by atoms with Crippen molar-refractivity contribution >= 4 is 0 Å². The summed E-state index contributed by atoms with van der Waals surface area (Å²) in [4.78, 5) is 3.31. The Labute approximate surface area is 81.1 Å². The van der Waals surface area contributed by atoms with E-state index in [9.17, 15) is 8.78 Å². The summed E-state index contributed by atoms with van der Waals surface area (Å²) in [5, 5.41) is 0. The molecule has 2 rings (SSSR count). The van der Waals surface area contributed by atoms with E-state index in [2.05, 4.69) is 4.98 Å². The van der Waals surface area contributed by atoms with E-state index in [4.69, 9.17) is 5.73 Å². The molecule has 0 amide bonds. The van der Waals surface area contributed by atoms with Crippen LogP contribution in [0.1, 0.15) is 30.9 Å². The molecule has 1 aliphatic rings. The Hall–Kier alpha value is -1.03. The molecular formula is C10H12F2N2. The maximum atomic E-state index is 12.8. The fourth-order valence-corrected chi connectivity index (χ4v) is 1.49. The third kappa shape index (κ3) is 2.07. The fourth-order valence-electron chi connectivity index (χ4n) is 1.49. The molecule has 0 radical (unpaired) electrons. The van der Waals surface area contributed by atoms with Crippen molar-refractivity contribution in [3.05, 3.63) is 29.6 Å². The normalized spacial score (nSPS) is 18.2. The topological polar surface area (TPSA) is 38.9 Å². The van der Waals surface area contributed by atoms with Gasteiger partial charge < -0.3 is 5.73 Å². The zero-order valence-electron chi connectivity index (χ0n) is 7.71. The standard InChI is InChI=1S/C10H12F2N2/c11-8-4-7(5-14-10(8)12)9(13)3-6-1-2-6/h4-6,9H,1-3,13H2/t9-/m1/s1. The molecule has 1 aromatic rings. The van der Waals surface area contributed by atoms with Gasteiger partial charge >= 0.3 is 0 Å². The first-order chi connectivity index (χ1) is 6.66. The van der Waals surface area contributed by atoms with Gasteiger partial charge in [0.1, 0.15) is 0 Å². The molecule has 0 saturated heterocycles. The molecule has 1 saturated carbocycles. The molecule has 0 bridgehead atoms. The van der Waals surface area contributed by atoms with Gasteiger partial charge in [-0.2, -0.15) is 4.39 Å². The number of nitrogens with zero attached hydrogens (tertiary/aromatic N) is 1. The minimum absolute atomic E-state index is 0.218. The summed E-state index contributed by atoms with van der Waals surface area (Å²) < 4.78 is 25.3. The lowest BCUT2D eigenvalue weighted by molar-refractivity contribution is 0.473. The van der Waals surface area contributed by atoms with Crippen LogP contribution in [0.4, 0.5) is 8.78 Å². The average molecular weight is 198 g/mol. The second-order valence-corrected chi connectivity index (χ2v) is 3.83. The molecule has 1 atom stereocenters. The Bertz CT molecular complexity index is 337. The zero-order chi connectivity index (χ0) is 10.1. The molecule has 0 spiro atoms. The van der Waals surface area contributed by atoms with E-state index in [0.717, 1.165) is 12.5 Å². The largest absolute Gasteiger partial charge is 0.324 e. The van der Waals surface area contributed by atoms with E-state index in [1.54, 1.807) is 0 Å². The van der Waals surface area contributed by atoms with Gasteiger partial charge in [0.2, 0.25) is 5.95 Å². The van der Waals surface area contributed by atoms with Crippen molar-refractivity contribution in [1.29, 1.82) is 0 Å². The minimum Gasteiger partial charge on any atom is -0.324 e. The molecule has 2 N–H and O–H groups in total. The van der Waals surface area contributed by atoms with Crippen molar-refractivity contribution in [3.8, 4) is 0 Å². The Morgan fingerprint density at radius 2 is 2.21 bits per heavy atom. The summed E-state index contributed by atoms with van der Waals surface area (Å²) in [7, 11) is 0. The lowest BCUT2D eigenvalue weighted by Gasteiger charge is -2.10. The lowest BCUT2D eigenvalue weighted by atomic mass is 10.0. The van der Waals surface area contributed by atoms with Crippen LogP contribution in [0.2, 0.25) is 0 Å². The highest BCUT2D eigenvalue weighted by atomic mass is 19.2. The monoisotopic (exact) mass is 198 g/mol. The zero-order valence-corrected chi connectivity index (χ0v) is 7.71. The van der Waals surface area contributed by atoms with E-state index in [1.165, 1.54) is 19.0 Å². The van der Waals surface area contributed by atoms with Crippen molar-refractivity contribution in [2.75, 3.05) is 0 Å². The SMILES string of the molecule is N[C@H](CC1CC1)c1cnc(F)c(F)c1. The quantitative estimate of drug-likeness (QED) is 0.756. The van der Waals surface area contributed by atoms with Crippen LogP contribution in [0.3, 0.4) is 0 Å². The molecule has 1 aromatic heterocycles. The van der Waals surface area contributed by atoms with Gasteiger partial charge in [0, 0.05) is 12.2 Å². The van der Waals surface area contributed by atoms with Gasteiger partial charge in [0.05, 0.1) is 0 Å². The molecular weight excluding hydrogens is 186 g/mol. The second-order valence-electron chi connectivity index (χ2n) is 3.83. The Morgan fingerprint density at radius 3 is 2.79 bits per heavy atom. The van der Waals surface area contributed by atoms with Crippen LogP contribution in [0, 0.1) is 17.7 Å². The van der Waals surface area contributed by atoms with E-state index < -0.39 is 11.8 Å². The van der Waals surface area contributed by atoms with Crippen LogP contribution in [0.5, 0.6) is 0 Å². The first kappa shape index (κ1) is 9.52. The third-order valence-electron chi connectivity index (χ3n) is 2.53. The first-order valence-corrected chi connectivity index (χ1v) is 4.73. The third-order valence-corrected chi connectivity index (χ3v) is 2.53. The van der Waals surface area contributed by atoms with E-state index in [0.29, 0.717) is 11.5 Å². The minimum atomic E-state index is -1.06. The number of pyridine rings is 1. The molecule has 0 aromatic carbocycles. The number of hydrogen-bond donors (Lipinski definition) is 1. The first-order valence-electron chi connectivity index (χ1n) is 4.73. The summed E-state index contributed by atoms with van der Waals surface area (Å²) in [6, 6.07) is 0.917. The molecule has 14 heavy (non-hydrogen) atoms. The summed E-state index contributed by atoms with van der Waals surface area (Å²) in [6.07, 6.45) is 4.55. The summed E-state index contributed by atoms with van der Waals surface area (Å²) >= 11 is 0. The van der Waals surface area contributed by atoms with Crippen molar-refractivity contribution in [2.24, 2.45) is 11.7 Å². The molecule has 1 fully saturated rings. The van der Waals surface area contributed by atoms with Crippen molar-refractivity contribution in [3.63, 3.8) is 0 Å². The number of aromatic nitrogens is 1. The predicted molar refractivity (Wildman–Crippen MR) is 48.4 cm³/mol. The number of hydrogen-bond acceptors (Lipinski definition) is 2. The van der Waals surface area contributed by atoms with Crippen LogP contribution in [0.25, 0.3) is 0 Å². The second kappa shape index (κ2) is 3.61. The van der Waals surface area contributed by atoms with Crippen molar-refractivity contribution in [2.45, 2.75) is 25.3 Å². The Balaban J connectivity index is 2.10. The smallest absolute Gasteiger partial charge is 0.248 e. The van der Waals surface area contributed by atoms with Gasteiger partial charge in [-0.3, -0.25) is 0 Å². The van der Waals surface area contributed by atoms with Crippen LogP contribution in [-0.4, -0.2) is 4.98 Å². The maximum Gasteiger partial charge on any atom is 0.248 e. The maximum absolute atomic E-state index is 12.8. The van der Waals surface area contributed by atoms with E-state index in [-0.39, 0.29) is 6.04 Å². The summed E-state index contributed by atoms with van der Waals surface area (Å²) in [6.45, 7) is 0.